The van der Waals surface area contributed by atoms with Gasteiger partial charge in [-0.05, 0) is 37.0 Å². The summed E-state index contributed by atoms with van der Waals surface area (Å²) in [6.07, 6.45) is 2.61. The van der Waals surface area contributed by atoms with Gasteiger partial charge in [0.2, 0.25) is 5.91 Å². The molecule has 3 N–H and O–H groups in total. The third-order valence-electron chi connectivity index (χ3n) is 3.36. The first-order valence-electron chi connectivity index (χ1n) is 6.45. The van der Waals surface area contributed by atoms with Crippen LogP contribution in [0.1, 0.15) is 18.4 Å². The summed E-state index contributed by atoms with van der Waals surface area (Å²) in [5.74, 6) is 1.20. The highest BCUT2D eigenvalue weighted by atomic mass is 35.5. The van der Waals surface area contributed by atoms with Crippen LogP contribution in [-0.2, 0) is 11.2 Å². The zero-order valence-electron chi connectivity index (χ0n) is 11.0. The predicted octanol–water partition coefficient (Wildman–Crippen LogP) is 1.74. The van der Waals surface area contributed by atoms with Gasteiger partial charge in [0, 0.05) is 23.2 Å². The fourth-order valence-corrected chi connectivity index (χ4v) is 2.24. The van der Waals surface area contributed by atoms with Crippen molar-refractivity contribution < 1.29 is 9.53 Å². The Morgan fingerprint density at radius 1 is 1.58 bits per heavy atom. The standard InChI is InChI=1S/C14H19ClN2O2/c1-19-13-5-4-11(15)6-10(13)7-14(18)17-8-12(16)9-2-3-9/h4-6,9,12H,2-3,7-8,16H2,1H3,(H,17,18). The lowest BCUT2D eigenvalue weighted by molar-refractivity contribution is -0.120. The molecule has 0 aromatic heterocycles. The van der Waals surface area contributed by atoms with Gasteiger partial charge in [0.25, 0.3) is 0 Å². The van der Waals surface area contributed by atoms with Gasteiger partial charge in [-0.25, -0.2) is 0 Å². The number of rotatable bonds is 6. The Kier molecular flexibility index (Phi) is 4.66. The number of benzene rings is 1. The van der Waals surface area contributed by atoms with Gasteiger partial charge in [-0.15, -0.1) is 0 Å². The zero-order valence-corrected chi connectivity index (χ0v) is 11.7. The van der Waals surface area contributed by atoms with Crippen LogP contribution in [0.2, 0.25) is 5.02 Å². The van der Waals surface area contributed by atoms with Gasteiger partial charge in [0.05, 0.1) is 13.5 Å². The third kappa shape index (κ3) is 4.11. The number of halogens is 1. The monoisotopic (exact) mass is 282 g/mol. The molecule has 1 fully saturated rings. The molecule has 1 aromatic carbocycles. The van der Waals surface area contributed by atoms with E-state index in [1.54, 1.807) is 25.3 Å². The predicted molar refractivity (Wildman–Crippen MR) is 75.4 cm³/mol. The van der Waals surface area contributed by atoms with Gasteiger partial charge in [0.1, 0.15) is 5.75 Å². The van der Waals surface area contributed by atoms with E-state index in [4.69, 9.17) is 22.1 Å². The van der Waals surface area contributed by atoms with E-state index >= 15 is 0 Å². The summed E-state index contributed by atoms with van der Waals surface area (Å²) in [5.41, 5.74) is 6.73. The number of amides is 1. The lowest BCUT2D eigenvalue weighted by Gasteiger charge is -2.13. The Bertz CT molecular complexity index is 461. The van der Waals surface area contributed by atoms with Gasteiger partial charge in [-0.1, -0.05) is 11.6 Å². The second-order valence-electron chi connectivity index (χ2n) is 4.94. The minimum atomic E-state index is -0.0586. The van der Waals surface area contributed by atoms with Crippen LogP contribution in [0, 0.1) is 5.92 Å². The molecule has 1 aliphatic rings. The fraction of sp³-hybridized carbons (Fsp3) is 0.500. The third-order valence-corrected chi connectivity index (χ3v) is 3.59. The van der Waals surface area contributed by atoms with E-state index in [2.05, 4.69) is 5.32 Å². The number of nitrogens with two attached hydrogens (primary N) is 1. The highest BCUT2D eigenvalue weighted by Gasteiger charge is 2.28. The van der Waals surface area contributed by atoms with Gasteiger partial charge in [0.15, 0.2) is 0 Å². The first-order valence-corrected chi connectivity index (χ1v) is 6.82. The molecule has 0 heterocycles. The maximum atomic E-state index is 11.9. The van der Waals surface area contributed by atoms with E-state index < -0.39 is 0 Å². The molecule has 0 radical (unpaired) electrons. The lowest BCUT2D eigenvalue weighted by atomic mass is 10.1. The maximum Gasteiger partial charge on any atom is 0.224 e. The van der Waals surface area contributed by atoms with Crippen LogP contribution in [0.25, 0.3) is 0 Å². The van der Waals surface area contributed by atoms with E-state index in [-0.39, 0.29) is 18.4 Å². The minimum Gasteiger partial charge on any atom is -0.496 e. The van der Waals surface area contributed by atoms with E-state index in [1.165, 1.54) is 12.8 Å². The second-order valence-corrected chi connectivity index (χ2v) is 5.37. The average Bonchev–Trinajstić information content (AvgIpc) is 3.20. The van der Waals surface area contributed by atoms with Crippen molar-refractivity contribution in [2.75, 3.05) is 13.7 Å². The van der Waals surface area contributed by atoms with E-state index in [9.17, 15) is 4.79 Å². The molecule has 104 valence electrons. The molecule has 1 saturated carbocycles. The number of carbonyl (C=O) groups is 1. The Balaban J connectivity index is 1.88. The zero-order chi connectivity index (χ0) is 13.8. The topological polar surface area (TPSA) is 64.3 Å². The summed E-state index contributed by atoms with van der Waals surface area (Å²) in [7, 11) is 1.58. The Labute approximate surface area is 118 Å². The van der Waals surface area contributed by atoms with Crippen LogP contribution in [-0.4, -0.2) is 25.6 Å². The van der Waals surface area contributed by atoms with Crippen LogP contribution < -0.4 is 15.8 Å². The first-order chi connectivity index (χ1) is 9.10. The quantitative estimate of drug-likeness (QED) is 0.835. The molecule has 1 aromatic rings. The SMILES string of the molecule is COc1ccc(Cl)cc1CC(=O)NCC(N)C1CC1. The molecule has 1 amide bonds. The number of nitrogens with one attached hydrogen (secondary N) is 1. The van der Waals surface area contributed by atoms with Crippen molar-refractivity contribution in [1.29, 1.82) is 0 Å². The fourth-order valence-electron chi connectivity index (χ4n) is 2.04. The van der Waals surface area contributed by atoms with Gasteiger partial charge < -0.3 is 15.8 Å². The average molecular weight is 283 g/mol. The van der Waals surface area contributed by atoms with Crippen LogP contribution in [0.4, 0.5) is 0 Å². The number of hydrogen-bond donors (Lipinski definition) is 2. The molecular weight excluding hydrogens is 264 g/mol. The van der Waals surface area contributed by atoms with Crippen LogP contribution in [0.15, 0.2) is 18.2 Å². The highest BCUT2D eigenvalue weighted by Crippen LogP contribution is 2.31. The second kappa shape index (κ2) is 6.26. The van der Waals surface area contributed by atoms with Crippen molar-refractivity contribution in [3.8, 4) is 5.75 Å². The highest BCUT2D eigenvalue weighted by molar-refractivity contribution is 6.30. The summed E-state index contributed by atoms with van der Waals surface area (Å²) >= 11 is 5.93. The largest absolute Gasteiger partial charge is 0.496 e. The molecule has 0 aliphatic heterocycles. The summed E-state index contributed by atoms with van der Waals surface area (Å²) in [5, 5.41) is 3.46. The Morgan fingerprint density at radius 2 is 2.32 bits per heavy atom. The van der Waals surface area contributed by atoms with Crippen molar-refractivity contribution >= 4 is 17.5 Å². The number of ether oxygens (including phenoxy) is 1. The molecule has 0 saturated heterocycles. The summed E-state index contributed by atoms with van der Waals surface area (Å²) < 4.78 is 5.21. The molecule has 4 nitrogen and oxygen atoms in total. The summed E-state index contributed by atoms with van der Waals surface area (Å²) in [6, 6.07) is 5.33. The lowest BCUT2D eigenvalue weighted by Crippen LogP contribution is -2.39. The van der Waals surface area contributed by atoms with Gasteiger partial charge in [-0.2, -0.15) is 0 Å². The van der Waals surface area contributed by atoms with Crippen LogP contribution in [0.5, 0.6) is 5.75 Å². The Morgan fingerprint density at radius 3 is 2.95 bits per heavy atom. The van der Waals surface area contributed by atoms with Crippen LogP contribution in [0.3, 0.4) is 0 Å². The van der Waals surface area contributed by atoms with Gasteiger partial charge in [-0.3, -0.25) is 4.79 Å². The van der Waals surface area contributed by atoms with Crippen molar-refractivity contribution in [2.45, 2.75) is 25.3 Å². The molecule has 19 heavy (non-hydrogen) atoms. The van der Waals surface area contributed by atoms with E-state index in [1.807, 2.05) is 0 Å². The van der Waals surface area contributed by atoms with Crippen molar-refractivity contribution in [2.24, 2.45) is 11.7 Å². The van der Waals surface area contributed by atoms with Crippen molar-refractivity contribution in [3.63, 3.8) is 0 Å². The number of methoxy groups -OCH3 is 1. The first kappa shape index (κ1) is 14.2. The number of carbonyl (C=O) groups excluding carboxylic acids is 1. The Hall–Kier alpha value is -1.26. The molecule has 1 aliphatic carbocycles. The van der Waals surface area contributed by atoms with Crippen molar-refractivity contribution in [1.82, 2.24) is 5.32 Å². The van der Waals surface area contributed by atoms with E-state index in [0.29, 0.717) is 23.2 Å². The minimum absolute atomic E-state index is 0.0586. The van der Waals surface area contributed by atoms with Gasteiger partial charge >= 0.3 is 0 Å². The molecule has 5 heteroatoms. The summed E-state index contributed by atoms with van der Waals surface area (Å²) in [6.45, 7) is 0.534. The molecule has 1 atom stereocenters. The van der Waals surface area contributed by atoms with E-state index in [0.717, 1.165) is 5.56 Å². The molecular formula is C14H19ClN2O2. The number of hydrogen-bond acceptors (Lipinski definition) is 3. The van der Waals surface area contributed by atoms with Crippen LogP contribution >= 0.6 is 11.6 Å². The maximum absolute atomic E-state index is 11.9. The molecule has 1 unspecified atom stereocenters. The molecule has 0 spiro atoms. The normalized spacial score (nSPS) is 15.9. The molecule has 0 bridgehead atoms. The smallest absolute Gasteiger partial charge is 0.224 e. The van der Waals surface area contributed by atoms with Crippen molar-refractivity contribution in [3.05, 3.63) is 28.8 Å². The molecule has 2 rings (SSSR count). The summed E-state index contributed by atoms with van der Waals surface area (Å²) in [4.78, 5) is 11.9.